The molecule has 0 heterocycles. The molecule has 0 fully saturated rings. The molecular weight excluding hydrogens is 294 g/mol. The van der Waals surface area contributed by atoms with Crippen LogP contribution in [0.1, 0.15) is 71.6 Å². The summed E-state index contributed by atoms with van der Waals surface area (Å²) in [5, 5.41) is 2.72. The molecule has 0 spiro atoms. The number of carbonyl (C=O) groups excluding carboxylic acids is 1. The zero-order valence-electron chi connectivity index (χ0n) is 13.1. The van der Waals surface area contributed by atoms with Crippen molar-refractivity contribution < 1.29 is 21.9 Å². The second-order valence-corrected chi connectivity index (χ2v) is 6.41. The van der Waals surface area contributed by atoms with Crippen molar-refractivity contribution in [2.24, 2.45) is 0 Å². The Morgan fingerprint density at radius 1 is 1.10 bits per heavy atom. The highest BCUT2D eigenvalue weighted by Crippen LogP contribution is 2.08. The summed E-state index contributed by atoms with van der Waals surface area (Å²) >= 11 is 0. The molecule has 21 heavy (non-hydrogen) atoms. The highest BCUT2D eigenvalue weighted by atomic mass is 32.3. The van der Waals surface area contributed by atoms with Crippen molar-refractivity contribution >= 4 is 16.3 Å². The molecule has 0 radical (unpaired) electrons. The lowest BCUT2D eigenvalue weighted by Gasteiger charge is -2.10. The first-order valence-electron chi connectivity index (χ1n) is 7.77. The van der Waals surface area contributed by atoms with Gasteiger partial charge in [-0.05, 0) is 13.3 Å². The van der Waals surface area contributed by atoms with Gasteiger partial charge in [0.2, 0.25) is 5.91 Å². The first-order valence-corrected chi connectivity index (χ1v) is 9.14. The molecule has 6 nitrogen and oxygen atoms in total. The van der Waals surface area contributed by atoms with Gasteiger partial charge in [0.05, 0.1) is 12.5 Å². The normalized spacial score (nSPS) is 13.1. The van der Waals surface area contributed by atoms with Crippen LogP contribution in [0.5, 0.6) is 0 Å². The number of hydrogen-bond donors (Lipinski definition) is 2. The maximum absolute atomic E-state index is 11.5. The molecule has 0 aromatic carbocycles. The van der Waals surface area contributed by atoms with Crippen molar-refractivity contribution in [3.05, 3.63) is 0 Å². The van der Waals surface area contributed by atoms with Crippen molar-refractivity contribution in [1.82, 2.24) is 5.32 Å². The van der Waals surface area contributed by atoms with Gasteiger partial charge in [-0.3, -0.25) is 9.35 Å². The molecule has 0 bridgehead atoms. The maximum atomic E-state index is 11.5. The van der Waals surface area contributed by atoms with E-state index in [0.717, 1.165) is 12.8 Å². The highest BCUT2D eigenvalue weighted by molar-refractivity contribution is 7.80. The van der Waals surface area contributed by atoms with Gasteiger partial charge in [0.25, 0.3) is 0 Å². The molecule has 0 aliphatic rings. The van der Waals surface area contributed by atoms with Crippen molar-refractivity contribution in [2.75, 3.05) is 6.54 Å². The zero-order chi connectivity index (χ0) is 16.1. The summed E-state index contributed by atoms with van der Waals surface area (Å²) in [5.41, 5.74) is 0. The van der Waals surface area contributed by atoms with Gasteiger partial charge >= 0.3 is 10.4 Å². The van der Waals surface area contributed by atoms with Crippen LogP contribution in [-0.2, 0) is 19.4 Å². The van der Waals surface area contributed by atoms with E-state index >= 15 is 0 Å². The predicted molar refractivity (Wildman–Crippen MR) is 82.3 cm³/mol. The molecule has 126 valence electrons. The molecule has 1 atom stereocenters. The number of carbonyl (C=O) groups is 1. The topological polar surface area (TPSA) is 92.7 Å². The Bertz CT molecular complexity index is 370. The van der Waals surface area contributed by atoms with E-state index < -0.39 is 16.5 Å². The molecule has 0 aliphatic carbocycles. The predicted octanol–water partition coefficient (Wildman–Crippen LogP) is 2.84. The third-order valence-corrected chi connectivity index (χ3v) is 3.68. The first kappa shape index (κ1) is 20.3. The van der Waals surface area contributed by atoms with Gasteiger partial charge in [-0.25, -0.2) is 4.18 Å². The standard InChI is InChI=1S/C14H29NO5S/c1-3-4-5-6-7-8-9-10-11-15-14(16)12-13(2)20-21(17,18)19/h13H,3-12H2,1-2H3,(H,15,16)(H,17,18,19). The lowest BCUT2D eigenvalue weighted by molar-refractivity contribution is -0.122. The summed E-state index contributed by atoms with van der Waals surface area (Å²) in [5.74, 6) is -0.269. The van der Waals surface area contributed by atoms with Gasteiger partial charge in [-0.1, -0.05) is 51.9 Å². The lowest BCUT2D eigenvalue weighted by atomic mass is 10.1. The monoisotopic (exact) mass is 323 g/mol. The van der Waals surface area contributed by atoms with Gasteiger partial charge in [0.1, 0.15) is 0 Å². The third-order valence-electron chi connectivity index (χ3n) is 3.11. The van der Waals surface area contributed by atoms with E-state index in [-0.39, 0.29) is 12.3 Å². The zero-order valence-corrected chi connectivity index (χ0v) is 14.0. The van der Waals surface area contributed by atoms with Crippen molar-refractivity contribution in [3.8, 4) is 0 Å². The number of unbranched alkanes of at least 4 members (excludes halogenated alkanes) is 7. The van der Waals surface area contributed by atoms with Crippen LogP contribution in [0.25, 0.3) is 0 Å². The van der Waals surface area contributed by atoms with Crippen LogP contribution in [0.3, 0.4) is 0 Å². The van der Waals surface area contributed by atoms with E-state index in [1.165, 1.54) is 45.4 Å². The number of nitrogens with one attached hydrogen (secondary N) is 1. The first-order chi connectivity index (χ1) is 9.85. The quantitative estimate of drug-likeness (QED) is 0.401. The van der Waals surface area contributed by atoms with Crippen LogP contribution in [0.15, 0.2) is 0 Å². The Hall–Kier alpha value is -0.660. The van der Waals surface area contributed by atoms with Gasteiger partial charge in [0, 0.05) is 6.54 Å². The molecular formula is C14H29NO5S. The molecule has 2 N–H and O–H groups in total. The number of hydrogen-bond acceptors (Lipinski definition) is 4. The van der Waals surface area contributed by atoms with Gasteiger partial charge < -0.3 is 5.32 Å². The maximum Gasteiger partial charge on any atom is 0.397 e. The number of rotatable bonds is 13. The van der Waals surface area contributed by atoms with Gasteiger partial charge in [-0.15, -0.1) is 0 Å². The van der Waals surface area contributed by atoms with E-state index in [9.17, 15) is 13.2 Å². The van der Waals surface area contributed by atoms with Crippen molar-refractivity contribution in [1.29, 1.82) is 0 Å². The van der Waals surface area contributed by atoms with Crippen LogP contribution in [0.2, 0.25) is 0 Å². The molecule has 0 aliphatic heterocycles. The minimum absolute atomic E-state index is 0.0865. The fraction of sp³-hybridized carbons (Fsp3) is 0.929. The summed E-state index contributed by atoms with van der Waals surface area (Å²) < 4.78 is 33.6. The fourth-order valence-electron chi connectivity index (χ4n) is 2.06. The van der Waals surface area contributed by atoms with Crippen LogP contribution in [0, 0.1) is 0 Å². The molecule has 7 heteroatoms. The van der Waals surface area contributed by atoms with E-state index in [1.54, 1.807) is 0 Å². The molecule has 0 rings (SSSR count). The Balaban J connectivity index is 3.46. The van der Waals surface area contributed by atoms with E-state index in [4.69, 9.17) is 4.55 Å². The summed E-state index contributed by atoms with van der Waals surface area (Å²) in [6.07, 6.45) is 8.64. The summed E-state index contributed by atoms with van der Waals surface area (Å²) in [7, 11) is -4.49. The Kier molecular flexibility index (Phi) is 11.6. The van der Waals surface area contributed by atoms with Gasteiger partial charge in [-0.2, -0.15) is 8.42 Å². The third kappa shape index (κ3) is 15.5. The van der Waals surface area contributed by atoms with Crippen LogP contribution < -0.4 is 5.32 Å². The molecule has 0 saturated heterocycles. The molecule has 0 aromatic rings. The fourth-order valence-corrected chi connectivity index (χ4v) is 2.54. The Morgan fingerprint density at radius 2 is 1.62 bits per heavy atom. The lowest BCUT2D eigenvalue weighted by Crippen LogP contribution is -2.29. The SMILES string of the molecule is CCCCCCCCCCNC(=O)CC(C)OS(=O)(=O)O. The van der Waals surface area contributed by atoms with E-state index in [1.807, 2.05) is 0 Å². The largest absolute Gasteiger partial charge is 0.397 e. The van der Waals surface area contributed by atoms with E-state index in [2.05, 4.69) is 16.4 Å². The molecule has 0 saturated carbocycles. The number of amides is 1. The van der Waals surface area contributed by atoms with Gasteiger partial charge in [0.15, 0.2) is 0 Å². The van der Waals surface area contributed by atoms with Crippen LogP contribution >= 0.6 is 0 Å². The Labute approximate surface area is 128 Å². The summed E-state index contributed by atoms with van der Waals surface area (Å²) in [4.78, 5) is 11.5. The van der Waals surface area contributed by atoms with Crippen molar-refractivity contribution in [2.45, 2.75) is 77.7 Å². The summed E-state index contributed by atoms with van der Waals surface area (Å²) in [6.45, 7) is 4.21. The highest BCUT2D eigenvalue weighted by Gasteiger charge is 2.15. The molecule has 0 aromatic heterocycles. The second kappa shape index (κ2) is 11.9. The van der Waals surface area contributed by atoms with Crippen LogP contribution in [-0.4, -0.2) is 31.5 Å². The average Bonchev–Trinajstić information content (AvgIpc) is 2.34. The smallest absolute Gasteiger partial charge is 0.356 e. The van der Waals surface area contributed by atoms with E-state index in [0.29, 0.717) is 6.54 Å². The van der Waals surface area contributed by atoms with Crippen LogP contribution in [0.4, 0.5) is 0 Å². The average molecular weight is 323 g/mol. The second-order valence-electron chi connectivity index (χ2n) is 5.36. The minimum Gasteiger partial charge on any atom is -0.356 e. The Morgan fingerprint density at radius 3 is 2.14 bits per heavy atom. The minimum atomic E-state index is -4.49. The van der Waals surface area contributed by atoms with Crippen molar-refractivity contribution in [3.63, 3.8) is 0 Å². The molecule has 1 unspecified atom stereocenters. The molecule has 1 amide bonds. The summed E-state index contributed by atoms with van der Waals surface area (Å²) in [6, 6.07) is 0.